The van der Waals surface area contributed by atoms with Gasteiger partial charge in [0, 0.05) is 41.8 Å². The first-order valence-corrected chi connectivity index (χ1v) is 10.0. The first-order chi connectivity index (χ1) is 11.5. The quantitative estimate of drug-likeness (QED) is 0.928. The van der Waals surface area contributed by atoms with Gasteiger partial charge in [-0.2, -0.15) is 4.31 Å². The average molecular weight is 345 g/mol. The smallest absolute Gasteiger partial charge is 0.244 e. The molecule has 1 aromatic carbocycles. The van der Waals surface area contributed by atoms with Gasteiger partial charge in [0.1, 0.15) is 0 Å². The van der Waals surface area contributed by atoms with Crippen molar-refractivity contribution in [1.29, 1.82) is 0 Å². The van der Waals surface area contributed by atoms with Crippen LogP contribution in [-0.2, 0) is 10.0 Å². The van der Waals surface area contributed by atoms with Gasteiger partial charge >= 0.3 is 0 Å². The lowest BCUT2D eigenvalue weighted by atomic mass is 9.96. The molecule has 1 atom stereocenters. The zero-order valence-corrected chi connectivity index (χ0v) is 14.7. The Morgan fingerprint density at radius 2 is 2.12 bits per heavy atom. The van der Waals surface area contributed by atoms with Crippen molar-refractivity contribution >= 4 is 20.8 Å². The van der Waals surface area contributed by atoms with Crippen LogP contribution in [0, 0.1) is 5.92 Å². The Bertz CT molecular complexity index is 858. The highest BCUT2D eigenvalue weighted by molar-refractivity contribution is 7.89. The summed E-state index contributed by atoms with van der Waals surface area (Å²) in [7, 11) is -3.56. The monoisotopic (exact) mass is 345 g/mol. The third kappa shape index (κ3) is 2.53. The molecule has 1 aliphatic carbocycles. The van der Waals surface area contributed by atoms with E-state index < -0.39 is 10.0 Å². The summed E-state index contributed by atoms with van der Waals surface area (Å²) in [6.45, 7) is 4.27. The van der Waals surface area contributed by atoms with E-state index in [1.54, 1.807) is 34.9 Å². The SMILES string of the molecule is C[C@]1(C2CC2)CNCCCN1S(=O)(=O)c1cccc2cnccc12. The van der Waals surface area contributed by atoms with Gasteiger partial charge in [-0.25, -0.2) is 8.42 Å². The lowest BCUT2D eigenvalue weighted by molar-refractivity contribution is 0.189. The van der Waals surface area contributed by atoms with Crippen molar-refractivity contribution in [3.8, 4) is 0 Å². The average Bonchev–Trinajstić information content (AvgIpc) is 3.42. The van der Waals surface area contributed by atoms with E-state index in [0.717, 1.165) is 43.1 Å². The lowest BCUT2D eigenvalue weighted by Gasteiger charge is -2.39. The standard InChI is InChI=1S/C18H23N3O2S/c1-18(15-6-7-15)13-20-9-3-11-21(18)24(22,23)17-5-2-4-14-12-19-10-8-16(14)17/h2,4-5,8,10,12,15,20H,3,6-7,9,11,13H2,1H3/t18-/m1/s1. The maximum absolute atomic E-state index is 13.6. The molecule has 1 saturated heterocycles. The minimum atomic E-state index is -3.56. The molecular formula is C18H23N3O2S. The first kappa shape index (κ1) is 16.0. The van der Waals surface area contributed by atoms with Crippen LogP contribution >= 0.6 is 0 Å². The van der Waals surface area contributed by atoms with Crippen LogP contribution in [0.15, 0.2) is 41.6 Å². The zero-order chi connectivity index (χ0) is 16.8. The van der Waals surface area contributed by atoms with E-state index >= 15 is 0 Å². The third-order valence-corrected chi connectivity index (χ3v) is 7.52. The number of sulfonamides is 1. The van der Waals surface area contributed by atoms with E-state index in [1.165, 1.54) is 0 Å². The largest absolute Gasteiger partial charge is 0.315 e. The summed E-state index contributed by atoms with van der Waals surface area (Å²) < 4.78 is 28.9. The van der Waals surface area contributed by atoms with Crippen molar-refractivity contribution in [2.24, 2.45) is 5.92 Å². The van der Waals surface area contributed by atoms with Crippen LogP contribution in [0.5, 0.6) is 0 Å². The molecule has 0 amide bonds. The number of benzene rings is 1. The number of aromatic nitrogens is 1. The molecule has 4 rings (SSSR count). The fourth-order valence-electron chi connectivity index (χ4n) is 3.92. The molecule has 2 aliphatic rings. The maximum Gasteiger partial charge on any atom is 0.244 e. The van der Waals surface area contributed by atoms with Gasteiger partial charge in [0.2, 0.25) is 10.0 Å². The number of nitrogens with zero attached hydrogens (tertiary/aromatic N) is 2. The molecule has 5 nitrogen and oxygen atoms in total. The summed E-state index contributed by atoms with van der Waals surface area (Å²) in [6, 6.07) is 7.24. The Labute approximate surface area is 143 Å². The number of rotatable bonds is 3. The number of nitrogens with one attached hydrogen (secondary N) is 1. The Hall–Kier alpha value is -1.50. The summed E-state index contributed by atoms with van der Waals surface area (Å²) >= 11 is 0. The topological polar surface area (TPSA) is 62.3 Å². The third-order valence-electron chi connectivity index (χ3n) is 5.43. The van der Waals surface area contributed by atoms with Gasteiger partial charge in [0.15, 0.2) is 0 Å². The highest BCUT2D eigenvalue weighted by atomic mass is 32.2. The minimum Gasteiger partial charge on any atom is -0.315 e. The fourth-order valence-corrected chi connectivity index (χ4v) is 6.00. The number of hydrogen-bond acceptors (Lipinski definition) is 4. The van der Waals surface area contributed by atoms with Crippen LogP contribution in [0.2, 0.25) is 0 Å². The second-order valence-corrected chi connectivity index (χ2v) is 8.92. The van der Waals surface area contributed by atoms with Crippen LogP contribution in [0.3, 0.4) is 0 Å². The van der Waals surface area contributed by atoms with Crippen LogP contribution in [0.4, 0.5) is 0 Å². The molecule has 1 aliphatic heterocycles. The van der Waals surface area contributed by atoms with Crippen LogP contribution in [0.25, 0.3) is 10.8 Å². The molecule has 128 valence electrons. The highest BCUT2D eigenvalue weighted by Gasteiger charge is 2.50. The molecular weight excluding hydrogens is 322 g/mol. The van der Waals surface area contributed by atoms with E-state index in [9.17, 15) is 8.42 Å². The molecule has 6 heteroatoms. The number of pyridine rings is 1. The van der Waals surface area contributed by atoms with E-state index in [2.05, 4.69) is 17.2 Å². The van der Waals surface area contributed by atoms with Gasteiger partial charge in [-0.1, -0.05) is 12.1 Å². The summed E-state index contributed by atoms with van der Waals surface area (Å²) in [5.41, 5.74) is -0.343. The Kier molecular flexibility index (Phi) is 3.86. The second-order valence-electron chi connectivity index (χ2n) is 7.09. The normalized spacial score (nSPS) is 26.4. The Morgan fingerprint density at radius 1 is 1.29 bits per heavy atom. The highest BCUT2D eigenvalue weighted by Crippen LogP contribution is 2.45. The molecule has 2 fully saturated rings. The first-order valence-electron chi connectivity index (χ1n) is 8.60. The fraction of sp³-hybridized carbons (Fsp3) is 0.500. The lowest BCUT2D eigenvalue weighted by Crippen LogP contribution is -2.55. The molecule has 0 radical (unpaired) electrons. The van der Waals surface area contributed by atoms with E-state index in [0.29, 0.717) is 17.4 Å². The molecule has 0 unspecified atom stereocenters. The van der Waals surface area contributed by atoms with Crippen molar-refractivity contribution < 1.29 is 8.42 Å². The van der Waals surface area contributed by atoms with E-state index in [-0.39, 0.29) is 5.54 Å². The molecule has 0 bridgehead atoms. The van der Waals surface area contributed by atoms with E-state index in [4.69, 9.17) is 0 Å². The number of hydrogen-bond donors (Lipinski definition) is 1. The molecule has 24 heavy (non-hydrogen) atoms. The van der Waals surface area contributed by atoms with Crippen molar-refractivity contribution in [3.63, 3.8) is 0 Å². The van der Waals surface area contributed by atoms with Crippen LogP contribution < -0.4 is 5.32 Å². The maximum atomic E-state index is 13.6. The van der Waals surface area contributed by atoms with E-state index in [1.807, 2.05) is 6.07 Å². The van der Waals surface area contributed by atoms with Gasteiger partial charge in [-0.3, -0.25) is 4.98 Å². The molecule has 1 N–H and O–H groups in total. The van der Waals surface area contributed by atoms with Crippen molar-refractivity contribution in [2.45, 2.75) is 36.6 Å². The predicted octanol–water partition coefficient (Wildman–Crippen LogP) is 2.39. The minimum absolute atomic E-state index is 0.343. The second kappa shape index (κ2) is 5.79. The predicted molar refractivity (Wildman–Crippen MR) is 94.3 cm³/mol. The Balaban J connectivity index is 1.85. The van der Waals surface area contributed by atoms with Gasteiger partial charge in [-0.15, -0.1) is 0 Å². The van der Waals surface area contributed by atoms with Crippen molar-refractivity contribution in [1.82, 2.24) is 14.6 Å². The molecule has 1 aromatic heterocycles. The van der Waals surface area contributed by atoms with Crippen molar-refractivity contribution in [3.05, 3.63) is 36.7 Å². The molecule has 2 heterocycles. The molecule has 1 saturated carbocycles. The summed E-state index contributed by atoms with van der Waals surface area (Å²) in [5, 5.41) is 5.05. The van der Waals surface area contributed by atoms with Crippen molar-refractivity contribution in [2.75, 3.05) is 19.6 Å². The Morgan fingerprint density at radius 3 is 2.92 bits per heavy atom. The summed E-state index contributed by atoms with van der Waals surface area (Å²) in [5.74, 6) is 0.453. The van der Waals surface area contributed by atoms with Crippen LogP contribution in [-0.4, -0.2) is 42.9 Å². The number of fused-ring (bicyclic) bond motifs is 1. The molecule has 2 aromatic rings. The van der Waals surface area contributed by atoms with Gasteiger partial charge < -0.3 is 5.32 Å². The van der Waals surface area contributed by atoms with Gasteiger partial charge in [0.05, 0.1) is 4.90 Å². The van der Waals surface area contributed by atoms with Gasteiger partial charge in [0.25, 0.3) is 0 Å². The molecule has 0 spiro atoms. The van der Waals surface area contributed by atoms with Gasteiger partial charge in [-0.05, 0) is 50.8 Å². The summed E-state index contributed by atoms with van der Waals surface area (Å²) in [6.07, 6.45) is 6.45. The van der Waals surface area contributed by atoms with Crippen LogP contribution in [0.1, 0.15) is 26.2 Å². The zero-order valence-electron chi connectivity index (χ0n) is 13.9. The summed E-state index contributed by atoms with van der Waals surface area (Å²) in [4.78, 5) is 4.51.